The summed E-state index contributed by atoms with van der Waals surface area (Å²) in [6, 6.07) is 19.9. The summed E-state index contributed by atoms with van der Waals surface area (Å²) in [4.78, 5) is 4.63. The standard InChI is InChI=1S/C29H30F2N6/c1-21-8-6-9-22(2)27(21)37-29(32-33-34-37)28(24-13-14-25(30)26(31)20-24)36-18-16-35(17-19-36)15-7-12-23-10-4-3-5-11-23/h3-14,20,28H,15-19H2,1-2H3/b12-7+. The molecule has 4 aromatic rings. The number of tetrazole rings is 1. The number of piperazine rings is 1. The van der Waals surface area contributed by atoms with E-state index < -0.39 is 17.7 Å². The van der Waals surface area contributed by atoms with E-state index in [9.17, 15) is 8.78 Å². The van der Waals surface area contributed by atoms with Crippen molar-refractivity contribution < 1.29 is 8.78 Å². The molecule has 6 nitrogen and oxygen atoms in total. The van der Waals surface area contributed by atoms with Crippen LogP contribution in [0.5, 0.6) is 0 Å². The van der Waals surface area contributed by atoms with Crippen molar-refractivity contribution in [3.8, 4) is 5.69 Å². The molecule has 1 aliphatic heterocycles. The van der Waals surface area contributed by atoms with E-state index in [1.54, 1.807) is 10.7 Å². The molecule has 0 aliphatic carbocycles. The molecule has 37 heavy (non-hydrogen) atoms. The van der Waals surface area contributed by atoms with E-state index in [-0.39, 0.29) is 0 Å². The van der Waals surface area contributed by atoms with Crippen LogP contribution in [0, 0.1) is 25.5 Å². The predicted octanol–water partition coefficient (Wildman–Crippen LogP) is 4.98. The van der Waals surface area contributed by atoms with Gasteiger partial charge in [-0.25, -0.2) is 8.78 Å². The van der Waals surface area contributed by atoms with Gasteiger partial charge in [0.2, 0.25) is 0 Å². The van der Waals surface area contributed by atoms with E-state index in [1.165, 1.54) is 17.7 Å². The van der Waals surface area contributed by atoms with Gasteiger partial charge >= 0.3 is 0 Å². The Hall–Kier alpha value is -3.75. The maximum atomic E-state index is 14.4. The molecule has 0 radical (unpaired) electrons. The van der Waals surface area contributed by atoms with Crippen LogP contribution in [0.25, 0.3) is 11.8 Å². The Balaban J connectivity index is 1.41. The van der Waals surface area contributed by atoms with E-state index >= 15 is 0 Å². The number of nitrogens with zero attached hydrogens (tertiary/aromatic N) is 6. The molecule has 1 fully saturated rings. The number of benzene rings is 3. The van der Waals surface area contributed by atoms with Crippen molar-refractivity contribution in [2.45, 2.75) is 19.9 Å². The molecule has 0 amide bonds. The highest BCUT2D eigenvalue weighted by atomic mass is 19.2. The van der Waals surface area contributed by atoms with Gasteiger partial charge in [-0.15, -0.1) is 5.10 Å². The van der Waals surface area contributed by atoms with Gasteiger partial charge in [0.1, 0.15) is 0 Å². The zero-order valence-electron chi connectivity index (χ0n) is 21.1. The third-order valence-corrected chi connectivity index (χ3v) is 6.89. The molecule has 2 heterocycles. The fourth-order valence-electron chi connectivity index (χ4n) is 4.98. The molecule has 190 valence electrons. The first-order valence-electron chi connectivity index (χ1n) is 12.5. The van der Waals surface area contributed by atoms with Crippen molar-refractivity contribution in [2.24, 2.45) is 0 Å². The Kier molecular flexibility index (Phi) is 7.48. The lowest BCUT2D eigenvalue weighted by Crippen LogP contribution is -2.48. The molecular weight excluding hydrogens is 470 g/mol. The molecule has 5 rings (SSSR count). The Bertz CT molecular complexity index is 1360. The lowest BCUT2D eigenvalue weighted by molar-refractivity contribution is 0.113. The lowest BCUT2D eigenvalue weighted by atomic mass is 10.0. The van der Waals surface area contributed by atoms with Crippen LogP contribution in [0.3, 0.4) is 0 Å². The van der Waals surface area contributed by atoms with Crippen LogP contribution in [0.15, 0.2) is 72.8 Å². The largest absolute Gasteiger partial charge is 0.297 e. The third kappa shape index (κ3) is 5.50. The van der Waals surface area contributed by atoms with Crippen LogP contribution < -0.4 is 0 Å². The van der Waals surface area contributed by atoms with Crippen LogP contribution in [-0.4, -0.2) is 62.7 Å². The molecule has 1 unspecified atom stereocenters. The molecule has 1 aliphatic rings. The molecular formula is C29H30F2N6. The molecule has 8 heteroatoms. The second-order valence-electron chi connectivity index (χ2n) is 9.42. The summed E-state index contributed by atoms with van der Waals surface area (Å²) >= 11 is 0. The van der Waals surface area contributed by atoms with E-state index in [2.05, 4.69) is 49.6 Å². The van der Waals surface area contributed by atoms with Crippen molar-refractivity contribution in [2.75, 3.05) is 32.7 Å². The minimum atomic E-state index is -0.877. The topological polar surface area (TPSA) is 50.1 Å². The van der Waals surface area contributed by atoms with Gasteiger partial charge in [0, 0.05) is 32.7 Å². The Labute approximate surface area is 215 Å². The summed E-state index contributed by atoms with van der Waals surface area (Å²) in [5, 5.41) is 12.7. The maximum absolute atomic E-state index is 14.4. The first-order chi connectivity index (χ1) is 18.0. The number of rotatable bonds is 7. The van der Waals surface area contributed by atoms with Gasteiger partial charge in [0.25, 0.3) is 0 Å². The number of aryl methyl sites for hydroxylation is 2. The van der Waals surface area contributed by atoms with Gasteiger partial charge in [-0.2, -0.15) is 4.68 Å². The fourth-order valence-corrected chi connectivity index (χ4v) is 4.98. The molecule has 0 spiro atoms. The highest BCUT2D eigenvalue weighted by molar-refractivity contribution is 5.49. The lowest BCUT2D eigenvalue weighted by Gasteiger charge is -2.38. The van der Waals surface area contributed by atoms with Crippen molar-refractivity contribution in [1.82, 2.24) is 30.0 Å². The summed E-state index contributed by atoms with van der Waals surface area (Å²) in [7, 11) is 0. The average molecular weight is 501 g/mol. The van der Waals surface area contributed by atoms with E-state index in [0.29, 0.717) is 11.4 Å². The summed E-state index contributed by atoms with van der Waals surface area (Å²) in [6.45, 7) is 8.03. The van der Waals surface area contributed by atoms with Gasteiger partial charge in [-0.05, 0) is 58.7 Å². The van der Waals surface area contributed by atoms with Crippen molar-refractivity contribution >= 4 is 6.08 Å². The van der Waals surface area contributed by atoms with Crippen LogP contribution in [0.1, 0.15) is 34.1 Å². The number of hydrogen-bond acceptors (Lipinski definition) is 5. The quantitative estimate of drug-likeness (QED) is 0.358. The van der Waals surface area contributed by atoms with Crippen LogP contribution >= 0.6 is 0 Å². The number of hydrogen-bond donors (Lipinski definition) is 0. The van der Waals surface area contributed by atoms with Crippen LogP contribution in [0.2, 0.25) is 0 Å². The van der Waals surface area contributed by atoms with Crippen molar-refractivity contribution in [3.05, 3.63) is 113 Å². The van der Waals surface area contributed by atoms with Gasteiger partial charge in [-0.1, -0.05) is 66.7 Å². The summed E-state index contributed by atoms with van der Waals surface area (Å²) in [5.41, 5.74) is 4.77. The number of halogens is 2. The van der Waals surface area contributed by atoms with E-state index in [4.69, 9.17) is 0 Å². The van der Waals surface area contributed by atoms with Crippen LogP contribution in [0.4, 0.5) is 8.78 Å². The molecule has 0 saturated carbocycles. The van der Waals surface area contributed by atoms with Gasteiger partial charge in [0.05, 0.1) is 11.7 Å². The summed E-state index contributed by atoms with van der Waals surface area (Å²) in [6.07, 6.45) is 4.31. The zero-order chi connectivity index (χ0) is 25.8. The van der Waals surface area contributed by atoms with Crippen LogP contribution in [-0.2, 0) is 0 Å². The zero-order valence-corrected chi connectivity index (χ0v) is 21.1. The third-order valence-electron chi connectivity index (χ3n) is 6.89. The highest BCUT2D eigenvalue weighted by Crippen LogP contribution is 2.31. The highest BCUT2D eigenvalue weighted by Gasteiger charge is 2.32. The average Bonchev–Trinajstić information content (AvgIpc) is 3.36. The maximum Gasteiger partial charge on any atom is 0.178 e. The molecule has 0 N–H and O–H groups in total. The Morgan fingerprint density at radius 2 is 1.59 bits per heavy atom. The minimum absolute atomic E-state index is 0.425. The molecule has 1 saturated heterocycles. The van der Waals surface area contributed by atoms with Gasteiger partial charge < -0.3 is 0 Å². The Morgan fingerprint density at radius 3 is 2.30 bits per heavy atom. The van der Waals surface area contributed by atoms with Crippen molar-refractivity contribution in [3.63, 3.8) is 0 Å². The van der Waals surface area contributed by atoms with E-state index in [0.717, 1.165) is 49.5 Å². The monoisotopic (exact) mass is 500 g/mol. The number of aromatic nitrogens is 4. The van der Waals surface area contributed by atoms with Gasteiger partial charge in [0.15, 0.2) is 17.5 Å². The SMILES string of the molecule is Cc1cccc(C)c1-n1nnnc1C(c1ccc(F)c(F)c1)N1CCN(C/C=C/c2ccccc2)CC1. The normalized spacial score (nSPS) is 15.9. The first-order valence-corrected chi connectivity index (χ1v) is 12.5. The van der Waals surface area contributed by atoms with Crippen molar-refractivity contribution in [1.29, 1.82) is 0 Å². The smallest absolute Gasteiger partial charge is 0.178 e. The first kappa shape index (κ1) is 24.9. The molecule has 3 aromatic carbocycles. The van der Waals surface area contributed by atoms with E-state index in [1.807, 2.05) is 50.2 Å². The fraction of sp³-hybridized carbons (Fsp3) is 0.276. The summed E-state index contributed by atoms with van der Waals surface area (Å²) in [5.74, 6) is -1.16. The minimum Gasteiger partial charge on any atom is -0.297 e. The Morgan fingerprint density at radius 1 is 0.865 bits per heavy atom. The van der Waals surface area contributed by atoms with Gasteiger partial charge in [-0.3, -0.25) is 9.80 Å². The molecule has 1 aromatic heterocycles. The molecule has 0 bridgehead atoms. The number of para-hydroxylation sites is 1. The second kappa shape index (κ2) is 11.1. The summed E-state index contributed by atoms with van der Waals surface area (Å²) < 4.78 is 30.0. The molecule has 1 atom stereocenters. The predicted molar refractivity (Wildman–Crippen MR) is 140 cm³/mol. The second-order valence-corrected chi connectivity index (χ2v) is 9.42.